The number of phosphoric ester groups is 1. The van der Waals surface area contributed by atoms with Crippen molar-refractivity contribution in [3.63, 3.8) is 0 Å². The Morgan fingerprint density at radius 2 is 2.08 bits per heavy atom. The zero-order chi connectivity index (χ0) is 18.9. The molecule has 1 amide bonds. The summed E-state index contributed by atoms with van der Waals surface area (Å²) in [5, 5.41) is 5.62. The Balaban J connectivity index is 2.29. The van der Waals surface area contributed by atoms with Gasteiger partial charge in [-0.3, -0.25) is 9.32 Å². The minimum atomic E-state index is -4.86. The van der Waals surface area contributed by atoms with Gasteiger partial charge < -0.3 is 15.1 Å². The van der Waals surface area contributed by atoms with Gasteiger partial charge in [-0.2, -0.15) is 5.10 Å². The third kappa shape index (κ3) is 4.78. The summed E-state index contributed by atoms with van der Waals surface area (Å²) in [6, 6.07) is 4.83. The standard InChI is InChI=1S/C13H13Cl2FN3O5P/c1-6-3-4-9(8(14)5-6)17-13(20)11-10(16)12(15)19(18-11)7(2)24-25(21,22)23/h3-5,7H,1-2H3,(H,17,20)(H2,21,22,23). The van der Waals surface area contributed by atoms with Crippen molar-refractivity contribution in [1.82, 2.24) is 9.78 Å². The fraction of sp³-hybridized carbons (Fsp3) is 0.231. The van der Waals surface area contributed by atoms with Gasteiger partial charge >= 0.3 is 7.82 Å². The molecule has 136 valence electrons. The Morgan fingerprint density at radius 1 is 1.44 bits per heavy atom. The van der Waals surface area contributed by atoms with E-state index in [1.54, 1.807) is 19.1 Å². The molecular formula is C13H13Cl2FN3O5P. The number of carbonyl (C=O) groups is 1. The van der Waals surface area contributed by atoms with Crippen molar-refractivity contribution in [2.45, 2.75) is 20.1 Å². The van der Waals surface area contributed by atoms with Crippen LogP contribution in [0.3, 0.4) is 0 Å². The number of carbonyl (C=O) groups excluding carboxylic acids is 1. The summed E-state index contributed by atoms with van der Waals surface area (Å²) in [7, 11) is -4.86. The minimum Gasteiger partial charge on any atom is -0.319 e. The van der Waals surface area contributed by atoms with E-state index in [-0.39, 0.29) is 10.7 Å². The van der Waals surface area contributed by atoms with Crippen LogP contribution in [0.15, 0.2) is 18.2 Å². The van der Waals surface area contributed by atoms with Crippen molar-refractivity contribution in [3.8, 4) is 0 Å². The minimum absolute atomic E-state index is 0.238. The van der Waals surface area contributed by atoms with Crippen LogP contribution in [0.4, 0.5) is 10.1 Å². The smallest absolute Gasteiger partial charge is 0.319 e. The second kappa shape index (κ2) is 7.41. The lowest BCUT2D eigenvalue weighted by atomic mass is 10.2. The number of nitrogens with one attached hydrogen (secondary N) is 1. The lowest BCUT2D eigenvalue weighted by Crippen LogP contribution is -2.16. The van der Waals surface area contributed by atoms with Crippen LogP contribution in [0.25, 0.3) is 0 Å². The van der Waals surface area contributed by atoms with Gasteiger partial charge in [0.15, 0.2) is 22.9 Å². The Bertz CT molecular complexity index is 870. The number of anilines is 1. The molecule has 2 aromatic rings. The van der Waals surface area contributed by atoms with Gasteiger partial charge in [-0.15, -0.1) is 0 Å². The molecule has 1 heterocycles. The van der Waals surface area contributed by atoms with Gasteiger partial charge in [0.05, 0.1) is 10.7 Å². The van der Waals surface area contributed by atoms with Gasteiger partial charge in [0.25, 0.3) is 5.91 Å². The summed E-state index contributed by atoms with van der Waals surface area (Å²) in [5.74, 6) is -2.10. The second-order valence-electron chi connectivity index (χ2n) is 5.03. The van der Waals surface area contributed by atoms with Crippen LogP contribution >= 0.6 is 31.0 Å². The van der Waals surface area contributed by atoms with E-state index in [1.807, 2.05) is 0 Å². The molecule has 0 radical (unpaired) electrons. The number of amides is 1. The summed E-state index contributed by atoms with van der Waals surface area (Å²) < 4.78 is 30.0. The Kier molecular flexibility index (Phi) is 5.88. The summed E-state index contributed by atoms with van der Waals surface area (Å²) >= 11 is 11.7. The van der Waals surface area contributed by atoms with E-state index in [4.69, 9.17) is 33.0 Å². The molecule has 0 fully saturated rings. The zero-order valence-electron chi connectivity index (χ0n) is 12.9. The molecule has 0 aliphatic carbocycles. The van der Waals surface area contributed by atoms with E-state index in [2.05, 4.69) is 14.9 Å². The first-order chi connectivity index (χ1) is 11.5. The normalized spacial score (nSPS) is 12.9. The maximum absolute atomic E-state index is 14.2. The Morgan fingerprint density at radius 3 is 2.64 bits per heavy atom. The number of rotatable bonds is 5. The molecule has 0 saturated carbocycles. The van der Waals surface area contributed by atoms with E-state index in [9.17, 15) is 13.8 Å². The third-order valence-electron chi connectivity index (χ3n) is 3.02. The van der Waals surface area contributed by atoms with E-state index >= 15 is 0 Å². The highest BCUT2D eigenvalue weighted by molar-refractivity contribution is 7.46. The lowest BCUT2D eigenvalue weighted by Gasteiger charge is -2.14. The first-order valence-corrected chi connectivity index (χ1v) is 9.03. The number of phosphoric acid groups is 1. The van der Waals surface area contributed by atoms with Crippen LogP contribution in [0, 0.1) is 12.7 Å². The van der Waals surface area contributed by atoms with E-state index in [0.29, 0.717) is 4.68 Å². The quantitative estimate of drug-likeness (QED) is 0.648. The van der Waals surface area contributed by atoms with Crippen LogP contribution in [-0.4, -0.2) is 25.5 Å². The van der Waals surface area contributed by atoms with Gasteiger partial charge in [-0.25, -0.2) is 13.6 Å². The van der Waals surface area contributed by atoms with Crippen molar-refractivity contribution in [2.24, 2.45) is 0 Å². The van der Waals surface area contributed by atoms with Crippen molar-refractivity contribution in [1.29, 1.82) is 0 Å². The number of halogens is 3. The highest BCUT2D eigenvalue weighted by atomic mass is 35.5. The van der Waals surface area contributed by atoms with Crippen LogP contribution in [0.1, 0.15) is 29.2 Å². The maximum atomic E-state index is 14.2. The van der Waals surface area contributed by atoms with Crippen LogP contribution in [-0.2, 0) is 9.09 Å². The molecule has 8 nitrogen and oxygen atoms in total. The first kappa shape index (κ1) is 19.8. The topological polar surface area (TPSA) is 114 Å². The molecule has 2 rings (SSSR count). The van der Waals surface area contributed by atoms with Crippen molar-refractivity contribution in [2.75, 3.05) is 5.32 Å². The lowest BCUT2D eigenvalue weighted by molar-refractivity contribution is 0.0875. The predicted molar refractivity (Wildman–Crippen MR) is 89.2 cm³/mol. The van der Waals surface area contributed by atoms with Gasteiger partial charge in [0, 0.05) is 0 Å². The fourth-order valence-electron chi connectivity index (χ4n) is 1.93. The SMILES string of the molecule is Cc1ccc(NC(=O)c2nn(C(C)OP(=O)(O)O)c(Cl)c2F)c(Cl)c1. The zero-order valence-corrected chi connectivity index (χ0v) is 15.3. The van der Waals surface area contributed by atoms with Gasteiger partial charge in [0.1, 0.15) is 0 Å². The number of hydrogen-bond donors (Lipinski definition) is 3. The average molecular weight is 412 g/mol. The average Bonchev–Trinajstić information content (AvgIpc) is 2.77. The molecule has 12 heteroatoms. The predicted octanol–water partition coefficient (Wildman–Crippen LogP) is 3.52. The molecule has 25 heavy (non-hydrogen) atoms. The molecule has 0 bridgehead atoms. The monoisotopic (exact) mass is 411 g/mol. The molecule has 0 aliphatic heterocycles. The maximum Gasteiger partial charge on any atom is 0.471 e. The van der Waals surface area contributed by atoms with Crippen molar-refractivity contribution >= 4 is 42.6 Å². The molecule has 1 aromatic carbocycles. The number of aromatic nitrogens is 2. The largest absolute Gasteiger partial charge is 0.471 e. The van der Waals surface area contributed by atoms with Gasteiger partial charge in [-0.05, 0) is 31.5 Å². The summed E-state index contributed by atoms with van der Waals surface area (Å²) in [6.45, 7) is 2.98. The second-order valence-corrected chi connectivity index (χ2v) is 6.99. The highest BCUT2D eigenvalue weighted by Crippen LogP contribution is 2.41. The molecule has 3 N–H and O–H groups in total. The van der Waals surface area contributed by atoms with Crippen molar-refractivity contribution in [3.05, 3.63) is 45.4 Å². The molecule has 1 unspecified atom stereocenters. The first-order valence-electron chi connectivity index (χ1n) is 6.74. The number of aryl methyl sites for hydroxylation is 1. The van der Waals surface area contributed by atoms with Gasteiger partial charge in [-0.1, -0.05) is 29.3 Å². The number of hydrogen-bond acceptors (Lipinski definition) is 4. The molecule has 0 aliphatic rings. The molecule has 1 aromatic heterocycles. The highest BCUT2D eigenvalue weighted by Gasteiger charge is 2.28. The molecule has 1 atom stereocenters. The van der Waals surface area contributed by atoms with Crippen LogP contribution in [0.5, 0.6) is 0 Å². The van der Waals surface area contributed by atoms with Crippen LogP contribution in [0.2, 0.25) is 10.2 Å². The Hall–Kier alpha value is -1.48. The van der Waals surface area contributed by atoms with Crippen LogP contribution < -0.4 is 5.32 Å². The van der Waals surface area contributed by atoms with Crippen molar-refractivity contribution < 1.29 is 28.1 Å². The summed E-state index contributed by atoms with van der Waals surface area (Å²) in [4.78, 5) is 29.8. The molecule has 0 spiro atoms. The fourth-order valence-corrected chi connectivity index (χ4v) is 2.96. The Labute approximate surface area is 151 Å². The molecule has 0 saturated heterocycles. The van der Waals surface area contributed by atoms with Gasteiger partial charge in [0.2, 0.25) is 0 Å². The summed E-state index contributed by atoms with van der Waals surface area (Å²) in [5.41, 5.74) is 0.426. The van der Waals surface area contributed by atoms with E-state index in [0.717, 1.165) is 5.56 Å². The van der Waals surface area contributed by atoms with E-state index in [1.165, 1.54) is 13.0 Å². The number of nitrogens with zero attached hydrogens (tertiary/aromatic N) is 2. The van der Waals surface area contributed by atoms with E-state index < -0.39 is 36.6 Å². The molecular weight excluding hydrogens is 399 g/mol. The third-order valence-corrected chi connectivity index (χ3v) is 4.25. The summed E-state index contributed by atoms with van der Waals surface area (Å²) in [6.07, 6.45) is -1.41. The number of benzene rings is 1.